The number of hydrogen-bond acceptors (Lipinski definition) is 2. The second-order valence-corrected chi connectivity index (χ2v) is 5.95. The summed E-state index contributed by atoms with van der Waals surface area (Å²) in [7, 11) is 0. The van der Waals surface area contributed by atoms with Gasteiger partial charge < -0.3 is 10.6 Å². The van der Waals surface area contributed by atoms with E-state index in [0.29, 0.717) is 12.2 Å². The molecule has 0 aromatic heterocycles. The minimum absolute atomic E-state index is 0.313. The van der Waals surface area contributed by atoms with Crippen molar-refractivity contribution in [2.45, 2.75) is 13.5 Å². The van der Waals surface area contributed by atoms with Crippen molar-refractivity contribution >= 4 is 33.4 Å². The molecule has 0 spiro atoms. The number of carbonyl (C=O) groups is 2. The highest BCUT2D eigenvalue weighted by atomic mass is 79.9. The van der Waals surface area contributed by atoms with E-state index in [1.165, 1.54) is 12.2 Å². The first-order valence-electron chi connectivity index (χ1n) is 7.11. The van der Waals surface area contributed by atoms with Crippen molar-refractivity contribution in [3.8, 4) is 0 Å². The monoisotopic (exact) mass is 372 g/mol. The third-order valence-electron chi connectivity index (χ3n) is 3.05. The molecule has 118 valence electrons. The van der Waals surface area contributed by atoms with Crippen LogP contribution in [0.3, 0.4) is 0 Å². The fraction of sp³-hybridized carbons (Fsp3) is 0.111. The standard InChI is InChI=1S/C18H17BrN2O2/c1-13-3-2-4-16(11-13)21-18(23)10-9-17(22)20-12-14-5-7-15(19)8-6-14/h2-11H,12H2,1H3,(H,20,22)(H,21,23). The Morgan fingerprint density at radius 1 is 1.04 bits per heavy atom. The summed E-state index contributed by atoms with van der Waals surface area (Å²) in [5.41, 5.74) is 2.74. The Bertz CT molecular complexity index is 724. The van der Waals surface area contributed by atoms with Gasteiger partial charge in [-0.15, -0.1) is 0 Å². The average molecular weight is 373 g/mol. The molecule has 5 heteroatoms. The van der Waals surface area contributed by atoms with Crippen LogP contribution in [0.25, 0.3) is 0 Å². The van der Waals surface area contributed by atoms with Gasteiger partial charge in [0.05, 0.1) is 0 Å². The number of rotatable bonds is 5. The van der Waals surface area contributed by atoms with E-state index in [2.05, 4.69) is 26.6 Å². The molecule has 0 heterocycles. The van der Waals surface area contributed by atoms with E-state index in [4.69, 9.17) is 0 Å². The summed E-state index contributed by atoms with van der Waals surface area (Å²) in [4.78, 5) is 23.5. The molecule has 2 rings (SSSR count). The molecular formula is C18H17BrN2O2. The molecule has 0 saturated heterocycles. The van der Waals surface area contributed by atoms with Gasteiger partial charge in [-0.3, -0.25) is 9.59 Å². The molecule has 2 aromatic carbocycles. The van der Waals surface area contributed by atoms with Crippen molar-refractivity contribution in [3.05, 3.63) is 76.3 Å². The Kier molecular flexibility index (Phi) is 6.11. The molecule has 2 N–H and O–H groups in total. The summed E-state index contributed by atoms with van der Waals surface area (Å²) >= 11 is 3.35. The van der Waals surface area contributed by atoms with Crippen molar-refractivity contribution in [1.29, 1.82) is 0 Å². The Hall–Kier alpha value is -2.40. The molecule has 0 aliphatic heterocycles. The lowest BCUT2D eigenvalue weighted by Gasteiger charge is -2.04. The molecule has 23 heavy (non-hydrogen) atoms. The summed E-state index contributed by atoms with van der Waals surface area (Å²) < 4.78 is 0.986. The molecule has 0 radical (unpaired) electrons. The number of benzene rings is 2. The van der Waals surface area contributed by atoms with Crippen LogP contribution in [0, 0.1) is 6.92 Å². The van der Waals surface area contributed by atoms with Gasteiger partial charge in [0, 0.05) is 28.9 Å². The van der Waals surface area contributed by atoms with Gasteiger partial charge in [-0.25, -0.2) is 0 Å². The van der Waals surface area contributed by atoms with Gasteiger partial charge in [0.15, 0.2) is 0 Å². The zero-order valence-electron chi connectivity index (χ0n) is 12.7. The fourth-order valence-electron chi connectivity index (χ4n) is 1.91. The highest BCUT2D eigenvalue weighted by Crippen LogP contribution is 2.10. The zero-order valence-corrected chi connectivity index (χ0v) is 14.3. The molecule has 0 aliphatic rings. The van der Waals surface area contributed by atoms with Crippen molar-refractivity contribution in [2.75, 3.05) is 5.32 Å². The number of aryl methyl sites for hydroxylation is 1. The minimum atomic E-state index is -0.339. The fourth-order valence-corrected chi connectivity index (χ4v) is 2.17. The van der Waals surface area contributed by atoms with Crippen LogP contribution in [0.2, 0.25) is 0 Å². The predicted octanol–water partition coefficient (Wildman–Crippen LogP) is 3.57. The number of nitrogens with one attached hydrogen (secondary N) is 2. The van der Waals surface area contributed by atoms with Crippen LogP contribution in [-0.2, 0) is 16.1 Å². The highest BCUT2D eigenvalue weighted by Gasteiger charge is 2.01. The first-order valence-corrected chi connectivity index (χ1v) is 7.90. The molecular weight excluding hydrogens is 356 g/mol. The molecule has 2 aromatic rings. The lowest BCUT2D eigenvalue weighted by molar-refractivity contribution is -0.117. The number of amides is 2. The van der Waals surface area contributed by atoms with Gasteiger partial charge in [-0.1, -0.05) is 40.2 Å². The van der Waals surface area contributed by atoms with Crippen molar-refractivity contribution < 1.29 is 9.59 Å². The maximum atomic E-state index is 11.8. The smallest absolute Gasteiger partial charge is 0.248 e. The van der Waals surface area contributed by atoms with Gasteiger partial charge in [-0.05, 0) is 42.3 Å². The number of anilines is 1. The van der Waals surface area contributed by atoms with E-state index < -0.39 is 0 Å². The number of halogens is 1. The van der Waals surface area contributed by atoms with Crippen LogP contribution >= 0.6 is 15.9 Å². The van der Waals surface area contributed by atoms with Crippen molar-refractivity contribution in [1.82, 2.24) is 5.32 Å². The molecule has 0 unspecified atom stereocenters. The van der Waals surface area contributed by atoms with Crippen LogP contribution in [0.15, 0.2) is 65.2 Å². The van der Waals surface area contributed by atoms with Gasteiger partial charge in [0.1, 0.15) is 0 Å². The third kappa shape index (κ3) is 6.08. The SMILES string of the molecule is Cc1cccc(NC(=O)C=CC(=O)NCc2ccc(Br)cc2)c1. The molecule has 0 saturated carbocycles. The molecule has 0 atom stereocenters. The quantitative estimate of drug-likeness (QED) is 0.788. The summed E-state index contributed by atoms with van der Waals surface area (Å²) in [6, 6.07) is 15.1. The normalized spacial score (nSPS) is 10.5. The summed E-state index contributed by atoms with van der Waals surface area (Å²) in [5.74, 6) is -0.651. The molecule has 0 aliphatic carbocycles. The van der Waals surface area contributed by atoms with Crippen LogP contribution < -0.4 is 10.6 Å². The first-order chi connectivity index (χ1) is 11.0. The Labute approximate surface area is 143 Å². The second kappa shape index (κ2) is 8.29. The average Bonchev–Trinajstić information content (AvgIpc) is 2.52. The van der Waals surface area contributed by atoms with Gasteiger partial charge in [0.25, 0.3) is 0 Å². The summed E-state index contributed by atoms with van der Waals surface area (Å²) in [5, 5.41) is 5.43. The van der Waals surface area contributed by atoms with Gasteiger partial charge >= 0.3 is 0 Å². The van der Waals surface area contributed by atoms with E-state index in [-0.39, 0.29) is 11.8 Å². The van der Waals surface area contributed by atoms with E-state index >= 15 is 0 Å². The maximum absolute atomic E-state index is 11.8. The zero-order chi connectivity index (χ0) is 16.7. The van der Waals surface area contributed by atoms with Crippen LogP contribution in [0.4, 0.5) is 5.69 Å². The Morgan fingerprint density at radius 3 is 2.43 bits per heavy atom. The molecule has 0 bridgehead atoms. The highest BCUT2D eigenvalue weighted by molar-refractivity contribution is 9.10. The van der Waals surface area contributed by atoms with Crippen LogP contribution in [0.1, 0.15) is 11.1 Å². The first kappa shape index (κ1) is 17.0. The Morgan fingerprint density at radius 2 is 1.74 bits per heavy atom. The van der Waals surface area contributed by atoms with Crippen molar-refractivity contribution in [2.24, 2.45) is 0 Å². The number of carbonyl (C=O) groups excluding carboxylic acids is 2. The second-order valence-electron chi connectivity index (χ2n) is 5.04. The maximum Gasteiger partial charge on any atom is 0.248 e. The van der Waals surface area contributed by atoms with Gasteiger partial charge in [0.2, 0.25) is 11.8 Å². The van der Waals surface area contributed by atoms with Crippen LogP contribution in [0.5, 0.6) is 0 Å². The summed E-state index contributed by atoms with van der Waals surface area (Å²) in [6.07, 6.45) is 2.45. The lowest BCUT2D eigenvalue weighted by atomic mass is 10.2. The Balaban J connectivity index is 1.80. The van der Waals surface area contributed by atoms with E-state index in [1.807, 2.05) is 49.4 Å². The van der Waals surface area contributed by atoms with Crippen LogP contribution in [-0.4, -0.2) is 11.8 Å². The van der Waals surface area contributed by atoms with E-state index in [0.717, 1.165) is 15.6 Å². The topological polar surface area (TPSA) is 58.2 Å². The molecule has 2 amide bonds. The predicted molar refractivity (Wildman–Crippen MR) is 94.9 cm³/mol. The lowest BCUT2D eigenvalue weighted by Crippen LogP contribution is -2.21. The molecule has 4 nitrogen and oxygen atoms in total. The van der Waals surface area contributed by atoms with E-state index in [9.17, 15) is 9.59 Å². The van der Waals surface area contributed by atoms with E-state index in [1.54, 1.807) is 6.07 Å². The van der Waals surface area contributed by atoms with Crippen molar-refractivity contribution in [3.63, 3.8) is 0 Å². The largest absolute Gasteiger partial charge is 0.348 e. The summed E-state index contributed by atoms with van der Waals surface area (Å²) in [6.45, 7) is 2.36. The van der Waals surface area contributed by atoms with Gasteiger partial charge in [-0.2, -0.15) is 0 Å². The third-order valence-corrected chi connectivity index (χ3v) is 3.58. The number of hydrogen-bond donors (Lipinski definition) is 2. The molecule has 0 fully saturated rings. The minimum Gasteiger partial charge on any atom is -0.348 e.